The molecule has 0 aromatic heterocycles. The van der Waals surface area contributed by atoms with Crippen molar-refractivity contribution in [3.8, 4) is 17.2 Å². The average Bonchev–Trinajstić information content (AvgIpc) is 2.79. The fraction of sp³-hybridized carbons (Fsp3) is 0.136. The Morgan fingerprint density at radius 1 is 0.781 bits per heavy atom. The molecule has 3 aromatic carbocycles. The number of methoxy groups -OCH3 is 3. The van der Waals surface area contributed by atoms with Crippen LogP contribution >= 0.6 is 12.2 Å². The first-order valence-corrected chi connectivity index (χ1v) is 11.3. The van der Waals surface area contributed by atoms with E-state index in [9.17, 15) is 8.42 Å². The van der Waals surface area contributed by atoms with Crippen LogP contribution in [0.3, 0.4) is 0 Å². The molecule has 0 heterocycles. The Morgan fingerprint density at radius 3 is 2.25 bits per heavy atom. The topological polar surface area (TPSA) is 97.9 Å². The summed E-state index contributed by atoms with van der Waals surface area (Å²) in [4.78, 5) is 0.0254. The highest BCUT2D eigenvalue weighted by Gasteiger charge is 2.19. The minimum atomic E-state index is -3.88. The quantitative estimate of drug-likeness (QED) is 0.416. The van der Waals surface area contributed by atoms with E-state index in [0.717, 1.165) is 5.69 Å². The Labute approximate surface area is 192 Å². The molecule has 0 amide bonds. The normalized spacial score (nSPS) is 10.7. The zero-order chi connectivity index (χ0) is 23.1. The first-order chi connectivity index (χ1) is 15.4. The molecule has 0 bridgehead atoms. The van der Waals surface area contributed by atoms with Gasteiger partial charge in [-0.1, -0.05) is 18.2 Å². The molecule has 0 aliphatic carbocycles. The van der Waals surface area contributed by atoms with Crippen LogP contribution in [0.1, 0.15) is 0 Å². The van der Waals surface area contributed by atoms with Gasteiger partial charge in [-0.15, -0.1) is 0 Å². The first-order valence-electron chi connectivity index (χ1n) is 9.42. The van der Waals surface area contributed by atoms with Crippen LogP contribution in [-0.4, -0.2) is 34.9 Å². The van der Waals surface area contributed by atoms with Crippen molar-refractivity contribution in [2.45, 2.75) is 4.90 Å². The maximum atomic E-state index is 12.9. The SMILES string of the molecule is COc1cccc(NC(=S)Nc2ccc(S(=O)(=O)Nc3ccccc3OC)cc2OC)c1. The molecular formula is C22H23N3O5S2. The maximum Gasteiger partial charge on any atom is 0.262 e. The Morgan fingerprint density at radius 2 is 1.53 bits per heavy atom. The van der Waals surface area contributed by atoms with Crippen LogP contribution in [0.25, 0.3) is 0 Å². The van der Waals surface area contributed by atoms with E-state index in [2.05, 4.69) is 15.4 Å². The molecule has 32 heavy (non-hydrogen) atoms. The Hall–Kier alpha value is -3.50. The van der Waals surface area contributed by atoms with E-state index in [1.54, 1.807) is 43.5 Å². The van der Waals surface area contributed by atoms with Crippen molar-refractivity contribution in [1.82, 2.24) is 0 Å². The van der Waals surface area contributed by atoms with Gasteiger partial charge in [-0.3, -0.25) is 4.72 Å². The third-order valence-corrected chi connectivity index (χ3v) is 5.98. The zero-order valence-corrected chi connectivity index (χ0v) is 19.3. The van der Waals surface area contributed by atoms with Crippen LogP contribution in [0.4, 0.5) is 17.1 Å². The zero-order valence-electron chi connectivity index (χ0n) is 17.7. The lowest BCUT2D eigenvalue weighted by Gasteiger charge is -2.16. The number of ether oxygens (including phenoxy) is 3. The minimum Gasteiger partial charge on any atom is -0.497 e. The number of sulfonamides is 1. The molecule has 0 aliphatic heterocycles. The number of para-hydroxylation sites is 2. The number of benzene rings is 3. The van der Waals surface area contributed by atoms with Gasteiger partial charge in [0.2, 0.25) is 0 Å². The molecule has 3 N–H and O–H groups in total. The van der Waals surface area contributed by atoms with Gasteiger partial charge in [0.1, 0.15) is 17.2 Å². The average molecular weight is 474 g/mol. The van der Waals surface area contributed by atoms with E-state index in [1.807, 2.05) is 18.2 Å². The number of thiocarbonyl (C=S) groups is 1. The molecule has 3 aromatic rings. The summed E-state index contributed by atoms with van der Waals surface area (Å²) in [5.41, 5.74) is 1.57. The molecule has 0 fully saturated rings. The van der Waals surface area contributed by atoms with Gasteiger partial charge in [0.05, 0.1) is 37.6 Å². The Bertz CT molecular complexity index is 1220. The lowest BCUT2D eigenvalue weighted by atomic mass is 10.3. The third kappa shape index (κ3) is 5.59. The molecule has 0 saturated heterocycles. The van der Waals surface area contributed by atoms with Crippen LogP contribution in [0.2, 0.25) is 0 Å². The third-order valence-electron chi connectivity index (χ3n) is 4.41. The van der Waals surface area contributed by atoms with Gasteiger partial charge in [0.15, 0.2) is 5.11 Å². The highest BCUT2D eigenvalue weighted by Crippen LogP contribution is 2.31. The maximum absolute atomic E-state index is 12.9. The standard InChI is InChI=1S/C22H23N3O5S2/c1-28-16-8-6-7-15(13-16)23-22(31)24-18-12-11-17(14-21(18)30-3)32(26,27)25-19-9-4-5-10-20(19)29-2/h4-14,25H,1-3H3,(H2,23,24,31). The van der Waals surface area contributed by atoms with Gasteiger partial charge in [-0.2, -0.15) is 0 Å². The van der Waals surface area contributed by atoms with Gasteiger partial charge in [-0.05, 0) is 48.6 Å². The fourth-order valence-corrected chi connectivity index (χ4v) is 4.17. The van der Waals surface area contributed by atoms with Crippen molar-refractivity contribution in [3.05, 3.63) is 66.7 Å². The minimum absolute atomic E-state index is 0.0254. The smallest absolute Gasteiger partial charge is 0.262 e. The summed E-state index contributed by atoms with van der Waals surface area (Å²) in [6, 6.07) is 18.5. The van der Waals surface area contributed by atoms with Gasteiger partial charge in [0, 0.05) is 17.8 Å². The number of hydrogen-bond acceptors (Lipinski definition) is 6. The monoisotopic (exact) mass is 473 g/mol. The van der Waals surface area contributed by atoms with Gasteiger partial charge in [0.25, 0.3) is 10.0 Å². The van der Waals surface area contributed by atoms with E-state index in [4.69, 9.17) is 26.4 Å². The largest absolute Gasteiger partial charge is 0.497 e. The number of nitrogens with one attached hydrogen (secondary N) is 3. The number of rotatable bonds is 8. The highest BCUT2D eigenvalue weighted by atomic mass is 32.2. The van der Waals surface area contributed by atoms with Crippen molar-refractivity contribution in [2.75, 3.05) is 36.7 Å². The van der Waals surface area contributed by atoms with Gasteiger partial charge >= 0.3 is 0 Å². The molecule has 10 heteroatoms. The van der Waals surface area contributed by atoms with Gasteiger partial charge in [-0.25, -0.2) is 8.42 Å². The second-order valence-corrected chi connectivity index (χ2v) is 8.57. The summed E-state index contributed by atoms with van der Waals surface area (Å²) >= 11 is 5.36. The Kier molecular flexibility index (Phi) is 7.39. The molecule has 3 rings (SSSR count). The fourth-order valence-electron chi connectivity index (χ4n) is 2.86. The van der Waals surface area contributed by atoms with E-state index in [1.165, 1.54) is 26.4 Å². The summed E-state index contributed by atoms with van der Waals surface area (Å²) in [6.07, 6.45) is 0. The van der Waals surface area contributed by atoms with E-state index in [-0.39, 0.29) is 4.90 Å². The first kappa shape index (κ1) is 23.2. The molecule has 0 spiro atoms. The van der Waals surface area contributed by atoms with Crippen LogP contribution in [0, 0.1) is 0 Å². The van der Waals surface area contributed by atoms with Crippen LogP contribution < -0.4 is 29.6 Å². The molecule has 0 saturated carbocycles. The van der Waals surface area contributed by atoms with Crippen molar-refractivity contribution in [3.63, 3.8) is 0 Å². The summed E-state index contributed by atoms with van der Waals surface area (Å²) < 4.78 is 44.1. The van der Waals surface area contributed by atoms with E-state index in [0.29, 0.717) is 33.7 Å². The van der Waals surface area contributed by atoms with Gasteiger partial charge < -0.3 is 24.8 Å². The predicted molar refractivity (Wildman–Crippen MR) is 130 cm³/mol. The lowest BCUT2D eigenvalue weighted by molar-refractivity contribution is 0.415. The molecule has 0 unspecified atom stereocenters. The molecular weight excluding hydrogens is 450 g/mol. The van der Waals surface area contributed by atoms with E-state index >= 15 is 0 Å². The van der Waals surface area contributed by atoms with Crippen molar-refractivity contribution in [2.24, 2.45) is 0 Å². The predicted octanol–water partition coefficient (Wildman–Crippen LogP) is 4.32. The summed E-state index contributed by atoms with van der Waals surface area (Å²) in [6.45, 7) is 0. The number of anilines is 3. The summed E-state index contributed by atoms with van der Waals surface area (Å²) in [7, 11) is 0.621. The molecule has 0 radical (unpaired) electrons. The molecule has 168 valence electrons. The van der Waals surface area contributed by atoms with Crippen LogP contribution in [0.5, 0.6) is 17.2 Å². The van der Waals surface area contributed by atoms with Crippen LogP contribution in [-0.2, 0) is 10.0 Å². The summed E-state index contributed by atoms with van der Waals surface area (Å²) in [5.74, 6) is 1.41. The summed E-state index contributed by atoms with van der Waals surface area (Å²) in [5, 5.41) is 6.37. The number of hydrogen-bond donors (Lipinski definition) is 3. The molecule has 8 nitrogen and oxygen atoms in total. The van der Waals surface area contributed by atoms with E-state index < -0.39 is 10.0 Å². The van der Waals surface area contributed by atoms with Crippen molar-refractivity contribution in [1.29, 1.82) is 0 Å². The second-order valence-electron chi connectivity index (χ2n) is 6.48. The van der Waals surface area contributed by atoms with Crippen LogP contribution in [0.15, 0.2) is 71.6 Å². The highest BCUT2D eigenvalue weighted by molar-refractivity contribution is 7.92. The van der Waals surface area contributed by atoms with Crippen molar-refractivity contribution < 1.29 is 22.6 Å². The lowest BCUT2D eigenvalue weighted by Crippen LogP contribution is -2.20. The molecule has 0 atom stereocenters. The van der Waals surface area contributed by atoms with Crippen molar-refractivity contribution >= 4 is 44.4 Å². The second kappa shape index (κ2) is 10.2. The molecule has 0 aliphatic rings. The Balaban J connectivity index is 1.78.